The first-order valence-corrected chi connectivity index (χ1v) is 10.1. The van der Waals surface area contributed by atoms with Crippen LogP contribution in [0.25, 0.3) is 11.3 Å². The SMILES string of the molecule is Cc1ccc(-c2noc(C)c2COc2ccc(C(=O)N[C@H]3C[C@H](OC(F)F)C3)cn2)cn1. The molecule has 0 radical (unpaired) electrons. The topological polar surface area (TPSA) is 99.4 Å². The molecule has 8 nitrogen and oxygen atoms in total. The van der Waals surface area contributed by atoms with E-state index in [0.717, 1.165) is 16.8 Å². The lowest BCUT2D eigenvalue weighted by atomic mass is 9.89. The number of hydrogen-bond donors (Lipinski definition) is 1. The molecule has 0 bridgehead atoms. The molecule has 1 aliphatic rings. The first kappa shape index (κ1) is 21.8. The van der Waals surface area contributed by atoms with Crippen molar-refractivity contribution in [1.82, 2.24) is 20.4 Å². The van der Waals surface area contributed by atoms with Gasteiger partial charge in [-0.25, -0.2) is 4.98 Å². The molecule has 3 heterocycles. The Morgan fingerprint density at radius 1 is 1.19 bits per heavy atom. The molecule has 4 rings (SSSR count). The average Bonchev–Trinajstić information content (AvgIpc) is 3.11. The summed E-state index contributed by atoms with van der Waals surface area (Å²) in [5, 5.41) is 6.88. The summed E-state index contributed by atoms with van der Waals surface area (Å²) in [7, 11) is 0. The van der Waals surface area contributed by atoms with E-state index in [0.29, 0.717) is 35.7 Å². The number of halogens is 2. The van der Waals surface area contributed by atoms with Crippen molar-refractivity contribution in [1.29, 1.82) is 0 Å². The second kappa shape index (κ2) is 9.39. The summed E-state index contributed by atoms with van der Waals surface area (Å²) in [5.41, 5.74) is 3.51. The van der Waals surface area contributed by atoms with E-state index in [1.807, 2.05) is 19.1 Å². The third-order valence-corrected chi connectivity index (χ3v) is 5.26. The van der Waals surface area contributed by atoms with Crippen LogP contribution in [-0.4, -0.2) is 39.8 Å². The number of hydrogen-bond acceptors (Lipinski definition) is 7. The number of aromatic nitrogens is 3. The van der Waals surface area contributed by atoms with Crippen LogP contribution in [0.3, 0.4) is 0 Å². The maximum atomic E-state index is 12.3. The second-order valence-corrected chi connectivity index (χ2v) is 7.59. The van der Waals surface area contributed by atoms with Crippen molar-refractivity contribution < 1.29 is 27.6 Å². The Hall–Kier alpha value is -3.40. The molecule has 1 saturated carbocycles. The fourth-order valence-corrected chi connectivity index (χ4v) is 3.35. The van der Waals surface area contributed by atoms with Crippen molar-refractivity contribution in [2.24, 2.45) is 0 Å². The summed E-state index contributed by atoms with van der Waals surface area (Å²) in [5.74, 6) is 0.643. The van der Waals surface area contributed by atoms with E-state index < -0.39 is 12.7 Å². The Balaban J connectivity index is 1.33. The van der Waals surface area contributed by atoms with Crippen molar-refractivity contribution in [2.45, 2.75) is 52.1 Å². The Kier molecular flexibility index (Phi) is 6.40. The molecule has 0 atom stereocenters. The lowest BCUT2D eigenvalue weighted by Crippen LogP contribution is -2.48. The van der Waals surface area contributed by atoms with Crippen LogP contribution in [0.1, 0.15) is 40.2 Å². The fourth-order valence-electron chi connectivity index (χ4n) is 3.35. The van der Waals surface area contributed by atoms with Crippen LogP contribution in [0.4, 0.5) is 8.78 Å². The normalized spacial score (nSPS) is 17.8. The highest BCUT2D eigenvalue weighted by molar-refractivity contribution is 5.94. The van der Waals surface area contributed by atoms with Crippen LogP contribution >= 0.6 is 0 Å². The number of aryl methyl sites for hydroxylation is 2. The lowest BCUT2D eigenvalue weighted by molar-refractivity contribution is -0.184. The Morgan fingerprint density at radius 3 is 2.66 bits per heavy atom. The van der Waals surface area contributed by atoms with Crippen LogP contribution in [0.5, 0.6) is 5.88 Å². The minimum absolute atomic E-state index is 0.185. The number of carbonyl (C=O) groups is 1. The van der Waals surface area contributed by atoms with Gasteiger partial charge in [0.2, 0.25) is 5.88 Å². The predicted molar refractivity (Wildman–Crippen MR) is 109 cm³/mol. The summed E-state index contributed by atoms with van der Waals surface area (Å²) >= 11 is 0. The molecule has 1 fully saturated rings. The minimum atomic E-state index is -2.79. The van der Waals surface area contributed by atoms with E-state index in [4.69, 9.17) is 9.26 Å². The molecule has 168 valence electrons. The van der Waals surface area contributed by atoms with Gasteiger partial charge in [-0.15, -0.1) is 0 Å². The molecule has 3 aromatic rings. The van der Waals surface area contributed by atoms with E-state index in [9.17, 15) is 13.6 Å². The van der Waals surface area contributed by atoms with Gasteiger partial charge in [0.1, 0.15) is 18.1 Å². The minimum Gasteiger partial charge on any atom is -0.473 e. The zero-order valence-corrected chi connectivity index (χ0v) is 17.5. The van der Waals surface area contributed by atoms with E-state index >= 15 is 0 Å². The third kappa shape index (κ3) is 5.08. The molecule has 1 aliphatic carbocycles. The van der Waals surface area contributed by atoms with Gasteiger partial charge < -0.3 is 19.3 Å². The lowest BCUT2D eigenvalue weighted by Gasteiger charge is -2.35. The van der Waals surface area contributed by atoms with Gasteiger partial charge in [-0.3, -0.25) is 9.78 Å². The average molecular weight is 444 g/mol. The van der Waals surface area contributed by atoms with E-state index in [2.05, 4.69) is 25.2 Å². The van der Waals surface area contributed by atoms with Crippen molar-refractivity contribution >= 4 is 5.91 Å². The highest BCUT2D eigenvalue weighted by Gasteiger charge is 2.33. The molecular weight excluding hydrogens is 422 g/mol. The number of ether oxygens (including phenoxy) is 2. The molecule has 32 heavy (non-hydrogen) atoms. The van der Waals surface area contributed by atoms with Gasteiger partial charge >= 0.3 is 6.61 Å². The summed E-state index contributed by atoms with van der Waals surface area (Å²) < 4.78 is 39.8. The van der Waals surface area contributed by atoms with Crippen LogP contribution in [0.15, 0.2) is 41.2 Å². The first-order chi connectivity index (χ1) is 15.4. The summed E-state index contributed by atoms with van der Waals surface area (Å²) in [6.07, 6.45) is 3.34. The number of nitrogens with zero attached hydrogens (tertiary/aromatic N) is 3. The van der Waals surface area contributed by atoms with Gasteiger partial charge in [0.05, 0.1) is 17.2 Å². The van der Waals surface area contributed by atoms with Crippen LogP contribution in [-0.2, 0) is 11.3 Å². The zero-order chi connectivity index (χ0) is 22.7. The smallest absolute Gasteiger partial charge is 0.345 e. The van der Waals surface area contributed by atoms with Gasteiger partial charge in [-0.05, 0) is 44.9 Å². The molecule has 0 saturated heterocycles. The van der Waals surface area contributed by atoms with Crippen LogP contribution in [0, 0.1) is 13.8 Å². The summed E-state index contributed by atoms with van der Waals surface area (Å²) in [6.45, 7) is 1.10. The zero-order valence-electron chi connectivity index (χ0n) is 17.5. The van der Waals surface area contributed by atoms with Gasteiger partial charge in [0.25, 0.3) is 5.91 Å². The highest BCUT2D eigenvalue weighted by Crippen LogP contribution is 2.27. The van der Waals surface area contributed by atoms with Crippen molar-refractivity contribution in [2.75, 3.05) is 0 Å². The number of alkyl halides is 2. The molecule has 1 N–H and O–H groups in total. The molecule has 0 aliphatic heterocycles. The van der Waals surface area contributed by atoms with E-state index in [1.165, 1.54) is 6.20 Å². The Bertz CT molecular complexity index is 1060. The van der Waals surface area contributed by atoms with Crippen molar-refractivity contribution in [3.8, 4) is 17.1 Å². The second-order valence-electron chi connectivity index (χ2n) is 7.59. The number of pyridine rings is 2. The maximum absolute atomic E-state index is 12.3. The predicted octanol–water partition coefficient (Wildman–Crippen LogP) is 3.83. The van der Waals surface area contributed by atoms with Crippen LogP contribution in [0.2, 0.25) is 0 Å². The van der Waals surface area contributed by atoms with Crippen LogP contribution < -0.4 is 10.1 Å². The molecule has 0 unspecified atom stereocenters. The van der Waals surface area contributed by atoms with Crippen molar-refractivity contribution in [3.05, 3.63) is 59.2 Å². The van der Waals surface area contributed by atoms with Crippen molar-refractivity contribution in [3.63, 3.8) is 0 Å². The fraction of sp³-hybridized carbons (Fsp3) is 0.364. The molecule has 0 aromatic carbocycles. The van der Waals surface area contributed by atoms with E-state index in [1.54, 1.807) is 25.3 Å². The van der Waals surface area contributed by atoms with E-state index in [-0.39, 0.29) is 18.6 Å². The quantitative estimate of drug-likeness (QED) is 0.564. The summed E-state index contributed by atoms with van der Waals surface area (Å²) in [4.78, 5) is 20.8. The number of rotatable bonds is 8. The summed E-state index contributed by atoms with van der Waals surface area (Å²) in [6, 6.07) is 6.81. The van der Waals surface area contributed by atoms with Gasteiger partial charge in [-0.2, -0.15) is 8.78 Å². The number of carbonyl (C=O) groups excluding carboxylic acids is 1. The van der Waals surface area contributed by atoms with Gasteiger partial charge in [0.15, 0.2) is 0 Å². The standard InChI is InChI=1S/C22H22F2N4O4/c1-12-3-4-14(9-25-12)20-18(13(2)32-28-20)11-30-19-6-5-15(10-26-19)21(29)27-16-7-17(8-16)31-22(23)24/h3-6,9-10,16-17,22H,7-8,11H2,1-2H3,(H,27,29)/t16-,17-. The molecule has 3 aromatic heterocycles. The maximum Gasteiger partial charge on any atom is 0.345 e. The first-order valence-electron chi connectivity index (χ1n) is 10.1. The molecule has 0 spiro atoms. The highest BCUT2D eigenvalue weighted by atomic mass is 19.3. The van der Waals surface area contributed by atoms with Gasteiger partial charge in [0, 0.05) is 35.8 Å². The number of nitrogens with one attached hydrogen (secondary N) is 1. The Labute approximate surface area is 182 Å². The third-order valence-electron chi connectivity index (χ3n) is 5.26. The Morgan fingerprint density at radius 2 is 2.00 bits per heavy atom. The molecular formula is C22H22F2N4O4. The van der Waals surface area contributed by atoms with Gasteiger partial charge in [-0.1, -0.05) is 5.16 Å². The molecule has 1 amide bonds. The molecule has 10 heteroatoms. The largest absolute Gasteiger partial charge is 0.473 e. The monoisotopic (exact) mass is 444 g/mol. The number of amides is 1.